The Kier molecular flexibility index (Phi) is 5.53. The molecule has 0 fully saturated rings. The Bertz CT molecular complexity index is 979. The predicted molar refractivity (Wildman–Crippen MR) is 96.1 cm³/mol. The van der Waals surface area contributed by atoms with E-state index in [4.69, 9.17) is 4.74 Å². The molecular weight excluding hydrogens is 375 g/mol. The number of hydrogen-bond donors (Lipinski definition) is 3. The Balaban J connectivity index is 1.80. The number of amides is 1. The van der Waals surface area contributed by atoms with E-state index >= 15 is 0 Å². The molecule has 0 radical (unpaired) electrons. The van der Waals surface area contributed by atoms with E-state index in [0.29, 0.717) is 18.0 Å². The Morgan fingerprint density at radius 3 is 2.68 bits per heavy atom. The number of pyridine rings is 1. The van der Waals surface area contributed by atoms with Gasteiger partial charge in [0, 0.05) is 6.20 Å². The minimum Gasteiger partial charge on any atom is -0.491 e. The first-order valence-corrected chi connectivity index (χ1v) is 8.25. The van der Waals surface area contributed by atoms with Crippen molar-refractivity contribution in [1.29, 1.82) is 0 Å². The smallest absolute Gasteiger partial charge is 0.417 e. The number of rotatable bonds is 5. The number of alkyl halides is 3. The third-order valence-electron chi connectivity index (χ3n) is 3.91. The first kappa shape index (κ1) is 19.3. The number of ether oxygens (including phenoxy) is 1. The summed E-state index contributed by atoms with van der Waals surface area (Å²) in [5.41, 5.74) is -1.41. The van der Waals surface area contributed by atoms with Crippen LogP contribution in [0.5, 0.6) is 0 Å². The zero-order valence-electron chi connectivity index (χ0n) is 14.5. The second-order valence-electron chi connectivity index (χ2n) is 5.91. The number of anilines is 1. The van der Waals surface area contributed by atoms with Crippen LogP contribution in [-0.2, 0) is 22.3 Å². The van der Waals surface area contributed by atoms with Crippen LogP contribution in [0.3, 0.4) is 0 Å². The predicted octanol–water partition coefficient (Wildman–Crippen LogP) is 2.92. The Morgan fingerprint density at radius 2 is 1.96 bits per heavy atom. The van der Waals surface area contributed by atoms with Gasteiger partial charge < -0.3 is 20.4 Å². The van der Waals surface area contributed by atoms with Crippen LogP contribution in [-0.4, -0.2) is 17.4 Å². The van der Waals surface area contributed by atoms with Gasteiger partial charge in [0.25, 0.3) is 11.5 Å². The van der Waals surface area contributed by atoms with E-state index in [9.17, 15) is 22.8 Å². The standard InChI is InChI=1S/C19H16F3N3O3/c20-19(21,22)13-8-15(18(27)24-9-13)25-17(26)14-6-7-23-10-16(14)28-11-12-4-2-1-3-5-12/h1-9,23H,10-11H2,(H,24,27)(H,25,26). The molecule has 0 saturated heterocycles. The van der Waals surface area contributed by atoms with Gasteiger partial charge in [-0.1, -0.05) is 30.3 Å². The fraction of sp³-hybridized carbons (Fsp3) is 0.158. The molecule has 3 N–H and O–H groups in total. The van der Waals surface area contributed by atoms with E-state index in [2.05, 4.69) is 10.6 Å². The molecule has 6 nitrogen and oxygen atoms in total. The van der Waals surface area contributed by atoms with Crippen molar-refractivity contribution < 1.29 is 22.7 Å². The fourth-order valence-electron chi connectivity index (χ4n) is 2.49. The summed E-state index contributed by atoms with van der Waals surface area (Å²) in [7, 11) is 0. The number of hydrogen-bond acceptors (Lipinski definition) is 4. The van der Waals surface area contributed by atoms with Gasteiger partial charge in [0.15, 0.2) is 0 Å². The van der Waals surface area contributed by atoms with Crippen molar-refractivity contribution in [3.05, 3.63) is 87.7 Å². The first-order chi connectivity index (χ1) is 13.3. The molecule has 9 heteroatoms. The van der Waals surface area contributed by atoms with Gasteiger partial charge in [-0.15, -0.1) is 0 Å². The largest absolute Gasteiger partial charge is 0.491 e. The molecular formula is C19H16F3N3O3. The lowest BCUT2D eigenvalue weighted by molar-refractivity contribution is -0.137. The summed E-state index contributed by atoms with van der Waals surface area (Å²) in [5, 5.41) is 5.12. The molecule has 1 aromatic heterocycles. The molecule has 2 aromatic rings. The molecule has 0 atom stereocenters. The van der Waals surface area contributed by atoms with Crippen LogP contribution in [0.2, 0.25) is 0 Å². The van der Waals surface area contributed by atoms with Crippen molar-refractivity contribution in [3.8, 4) is 0 Å². The molecule has 0 unspecified atom stereocenters. The number of benzene rings is 1. The number of H-pyrrole nitrogens is 1. The molecule has 28 heavy (non-hydrogen) atoms. The molecule has 146 valence electrons. The second kappa shape index (κ2) is 8.03. The van der Waals surface area contributed by atoms with Crippen LogP contribution in [0.15, 0.2) is 71.0 Å². The van der Waals surface area contributed by atoms with Crippen molar-refractivity contribution in [2.24, 2.45) is 0 Å². The summed E-state index contributed by atoms with van der Waals surface area (Å²) in [6, 6.07) is 9.86. The fourth-order valence-corrected chi connectivity index (χ4v) is 2.49. The Hall–Kier alpha value is -3.49. The van der Waals surface area contributed by atoms with Gasteiger partial charge >= 0.3 is 6.18 Å². The molecule has 0 aliphatic carbocycles. The molecule has 0 spiro atoms. The monoisotopic (exact) mass is 391 g/mol. The third kappa shape index (κ3) is 4.61. The topological polar surface area (TPSA) is 83.2 Å². The minimum absolute atomic E-state index is 0.117. The maximum Gasteiger partial charge on any atom is 0.417 e. The lowest BCUT2D eigenvalue weighted by Crippen LogP contribution is -2.26. The summed E-state index contributed by atoms with van der Waals surface area (Å²) in [5.74, 6) is -0.433. The summed E-state index contributed by atoms with van der Waals surface area (Å²) < 4.78 is 44.2. The average molecular weight is 391 g/mol. The van der Waals surface area contributed by atoms with E-state index in [1.807, 2.05) is 35.3 Å². The number of nitrogens with one attached hydrogen (secondary N) is 3. The number of carbonyl (C=O) groups is 1. The molecule has 0 saturated carbocycles. The van der Waals surface area contributed by atoms with Gasteiger partial charge in [-0.3, -0.25) is 9.59 Å². The van der Waals surface area contributed by atoms with Gasteiger partial charge in [0.2, 0.25) is 0 Å². The second-order valence-corrected chi connectivity index (χ2v) is 5.91. The van der Waals surface area contributed by atoms with Crippen LogP contribution in [0.4, 0.5) is 18.9 Å². The molecule has 0 bridgehead atoms. The maximum absolute atomic E-state index is 12.8. The lowest BCUT2D eigenvalue weighted by Gasteiger charge is -2.18. The van der Waals surface area contributed by atoms with E-state index in [1.165, 1.54) is 12.3 Å². The van der Waals surface area contributed by atoms with Gasteiger partial charge in [-0.25, -0.2) is 0 Å². The third-order valence-corrected chi connectivity index (χ3v) is 3.91. The van der Waals surface area contributed by atoms with Crippen LogP contribution in [0.1, 0.15) is 11.1 Å². The number of halogens is 3. The zero-order valence-corrected chi connectivity index (χ0v) is 14.5. The molecule has 1 aliphatic rings. The van der Waals surface area contributed by atoms with E-state index < -0.39 is 28.9 Å². The van der Waals surface area contributed by atoms with Gasteiger partial charge in [0.1, 0.15) is 18.1 Å². The average Bonchev–Trinajstić information content (AvgIpc) is 2.68. The van der Waals surface area contributed by atoms with E-state index in [1.54, 1.807) is 0 Å². The Labute approximate surface area is 157 Å². The highest BCUT2D eigenvalue weighted by molar-refractivity contribution is 6.06. The highest BCUT2D eigenvalue weighted by Crippen LogP contribution is 2.29. The van der Waals surface area contributed by atoms with Crippen molar-refractivity contribution in [1.82, 2.24) is 10.3 Å². The summed E-state index contributed by atoms with van der Waals surface area (Å²) in [4.78, 5) is 26.3. The minimum atomic E-state index is -4.65. The van der Waals surface area contributed by atoms with E-state index in [-0.39, 0.29) is 18.7 Å². The van der Waals surface area contributed by atoms with Crippen LogP contribution >= 0.6 is 0 Å². The summed E-state index contributed by atoms with van der Waals surface area (Å²) in [6.45, 7) is 0.442. The van der Waals surface area contributed by atoms with Crippen molar-refractivity contribution in [2.45, 2.75) is 12.8 Å². The quantitative estimate of drug-likeness (QED) is 0.732. The van der Waals surface area contributed by atoms with Crippen LogP contribution in [0.25, 0.3) is 0 Å². The highest BCUT2D eigenvalue weighted by Gasteiger charge is 2.31. The molecule has 2 heterocycles. The number of aromatic amines is 1. The number of aromatic nitrogens is 1. The normalized spacial score (nSPS) is 13.8. The van der Waals surface area contributed by atoms with Crippen LogP contribution < -0.4 is 16.2 Å². The molecule has 1 amide bonds. The molecule has 1 aliphatic heterocycles. The van der Waals surface area contributed by atoms with Gasteiger partial charge in [0.05, 0.1) is 17.7 Å². The van der Waals surface area contributed by atoms with Gasteiger partial charge in [-0.2, -0.15) is 13.2 Å². The van der Waals surface area contributed by atoms with E-state index in [0.717, 1.165) is 5.56 Å². The van der Waals surface area contributed by atoms with Crippen molar-refractivity contribution >= 4 is 11.6 Å². The Morgan fingerprint density at radius 1 is 1.21 bits per heavy atom. The first-order valence-electron chi connectivity index (χ1n) is 8.25. The molecule has 1 aromatic carbocycles. The summed E-state index contributed by atoms with van der Waals surface area (Å²) in [6.07, 6.45) is -1.15. The van der Waals surface area contributed by atoms with Gasteiger partial charge in [-0.05, 0) is 23.9 Å². The number of dihydropyridines is 1. The van der Waals surface area contributed by atoms with Crippen LogP contribution in [0, 0.1) is 0 Å². The maximum atomic E-state index is 12.8. The zero-order chi connectivity index (χ0) is 20.1. The van der Waals surface area contributed by atoms with Crippen molar-refractivity contribution in [2.75, 3.05) is 11.9 Å². The SMILES string of the molecule is O=C(Nc1cc(C(F)(F)F)c[nH]c1=O)C1=C(OCc2ccccc2)CNC=C1. The molecule has 3 rings (SSSR count). The highest BCUT2D eigenvalue weighted by atomic mass is 19.4. The van der Waals surface area contributed by atoms with Crippen molar-refractivity contribution in [3.63, 3.8) is 0 Å². The number of carbonyl (C=O) groups excluding carboxylic acids is 1. The summed E-state index contributed by atoms with van der Waals surface area (Å²) >= 11 is 0. The lowest BCUT2D eigenvalue weighted by atomic mass is 10.1.